The van der Waals surface area contributed by atoms with Crippen LogP contribution in [0.5, 0.6) is 0 Å². The number of aliphatic carboxylic acids is 2. The van der Waals surface area contributed by atoms with Gasteiger partial charge >= 0.3 is 11.9 Å². The first-order chi connectivity index (χ1) is 21.8. The van der Waals surface area contributed by atoms with Gasteiger partial charge < -0.3 is 59.8 Å². The Morgan fingerprint density at radius 2 is 1.33 bits per heavy atom. The number of hydrogen-bond donors (Lipinski definition) is 11. The molecule has 18 nitrogen and oxygen atoms in total. The number of carboxylic acid groups (broad SMARTS) is 2. The molecule has 0 saturated heterocycles. The first-order valence-corrected chi connectivity index (χ1v) is 14.6. The highest BCUT2D eigenvalue weighted by Gasteiger charge is 2.31. The quantitative estimate of drug-likeness (QED) is 0.0406. The minimum Gasteiger partial charge on any atom is -0.481 e. The summed E-state index contributed by atoms with van der Waals surface area (Å²) >= 11 is 0. The van der Waals surface area contributed by atoms with Crippen molar-refractivity contribution in [3.63, 3.8) is 0 Å². The van der Waals surface area contributed by atoms with Gasteiger partial charge in [-0.1, -0.05) is 18.2 Å². The van der Waals surface area contributed by atoms with Gasteiger partial charge in [0.05, 0.1) is 6.04 Å². The summed E-state index contributed by atoms with van der Waals surface area (Å²) < 4.78 is 0. The van der Waals surface area contributed by atoms with E-state index in [1.165, 1.54) is 0 Å². The van der Waals surface area contributed by atoms with E-state index in [1.54, 1.807) is 12.3 Å². The Balaban J connectivity index is 2.27. The van der Waals surface area contributed by atoms with Gasteiger partial charge in [0.1, 0.15) is 18.1 Å². The van der Waals surface area contributed by atoms with Gasteiger partial charge in [0.2, 0.25) is 17.7 Å². The number of aromatic amines is 1. The number of rotatable bonds is 20. The van der Waals surface area contributed by atoms with Crippen LogP contribution in [0.15, 0.2) is 40.4 Å². The van der Waals surface area contributed by atoms with Crippen LogP contribution in [-0.4, -0.2) is 94.0 Å². The van der Waals surface area contributed by atoms with Gasteiger partial charge in [-0.05, 0) is 43.7 Å². The van der Waals surface area contributed by atoms with Crippen molar-refractivity contribution in [1.29, 1.82) is 0 Å². The second-order valence-corrected chi connectivity index (χ2v) is 10.5. The van der Waals surface area contributed by atoms with Crippen molar-refractivity contribution in [2.75, 3.05) is 13.1 Å². The zero-order valence-corrected chi connectivity index (χ0v) is 25.3. The molecule has 252 valence electrons. The molecule has 0 aliphatic rings. The predicted molar refractivity (Wildman–Crippen MR) is 170 cm³/mol. The fourth-order valence-corrected chi connectivity index (χ4v) is 4.50. The van der Waals surface area contributed by atoms with E-state index in [4.69, 9.17) is 28.7 Å². The van der Waals surface area contributed by atoms with Gasteiger partial charge in [-0.25, -0.2) is 4.79 Å². The van der Waals surface area contributed by atoms with Crippen molar-refractivity contribution < 1.29 is 34.2 Å². The van der Waals surface area contributed by atoms with Gasteiger partial charge in [-0.3, -0.25) is 29.2 Å². The van der Waals surface area contributed by atoms with E-state index in [9.17, 15) is 34.2 Å². The maximum absolute atomic E-state index is 13.5. The summed E-state index contributed by atoms with van der Waals surface area (Å²) in [5.41, 5.74) is 28.6. The Hall–Kier alpha value is -5.39. The predicted octanol–water partition coefficient (Wildman–Crippen LogP) is -2.45. The molecule has 0 aliphatic heterocycles. The number of carbonyl (C=O) groups is 5. The molecule has 2 rings (SSSR count). The molecule has 46 heavy (non-hydrogen) atoms. The van der Waals surface area contributed by atoms with Crippen LogP contribution in [0.2, 0.25) is 0 Å². The third-order valence-corrected chi connectivity index (χ3v) is 6.88. The largest absolute Gasteiger partial charge is 0.481 e. The summed E-state index contributed by atoms with van der Waals surface area (Å²) in [6.45, 7) is 0.362. The number of H-pyrrole nitrogens is 1. The van der Waals surface area contributed by atoms with Crippen LogP contribution in [0.25, 0.3) is 10.9 Å². The summed E-state index contributed by atoms with van der Waals surface area (Å²) in [7, 11) is 0. The second-order valence-electron chi connectivity index (χ2n) is 10.5. The fourth-order valence-electron chi connectivity index (χ4n) is 4.50. The van der Waals surface area contributed by atoms with E-state index in [0.29, 0.717) is 12.0 Å². The maximum atomic E-state index is 13.5. The zero-order chi connectivity index (χ0) is 34.2. The Labute approximate surface area is 264 Å². The highest BCUT2D eigenvalue weighted by atomic mass is 16.4. The van der Waals surface area contributed by atoms with Crippen molar-refractivity contribution in [1.82, 2.24) is 20.9 Å². The van der Waals surface area contributed by atoms with Crippen LogP contribution < -0.4 is 44.6 Å². The number of hydrogen-bond acceptors (Lipinski definition) is 8. The topological polar surface area (TPSA) is 333 Å². The molecule has 3 amide bonds. The molecule has 0 aliphatic carbocycles. The van der Waals surface area contributed by atoms with E-state index < -0.39 is 60.2 Å². The summed E-state index contributed by atoms with van der Waals surface area (Å²) in [6.07, 6.45) is 1.57. The Morgan fingerprint density at radius 3 is 1.93 bits per heavy atom. The van der Waals surface area contributed by atoms with E-state index in [-0.39, 0.29) is 57.1 Å². The Morgan fingerprint density at radius 1 is 0.761 bits per heavy atom. The third-order valence-electron chi connectivity index (χ3n) is 6.88. The van der Waals surface area contributed by atoms with Crippen LogP contribution in [0, 0.1) is 0 Å². The summed E-state index contributed by atoms with van der Waals surface area (Å²) in [6, 6.07) is 2.16. The first-order valence-electron chi connectivity index (χ1n) is 14.6. The summed E-state index contributed by atoms with van der Waals surface area (Å²) in [5, 5.41) is 27.2. The average Bonchev–Trinajstić information content (AvgIpc) is 3.40. The van der Waals surface area contributed by atoms with Gasteiger partial charge in [0.25, 0.3) is 0 Å². The lowest BCUT2D eigenvalue weighted by Crippen LogP contribution is -2.57. The van der Waals surface area contributed by atoms with Crippen LogP contribution in [0.3, 0.4) is 0 Å². The molecular weight excluding hydrogens is 602 g/mol. The lowest BCUT2D eigenvalue weighted by Gasteiger charge is -2.25. The molecule has 4 atom stereocenters. The number of nitrogens with zero attached hydrogens (tertiary/aromatic N) is 2. The summed E-state index contributed by atoms with van der Waals surface area (Å²) in [4.78, 5) is 73.8. The van der Waals surface area contributed by atoms with E-state index in [0.717, 1.165) is 10.9 Å². The standard InChI is InChI=1S/C28H43N11O7/c29-17(6-3-11-34-27(30)31)23(42)37-19(9-10-22(40)41)24(43)39-21(13-15-14-36-18-7-2-1-5-16(15)18)25(44)38-20(26(45)46)8-4-12-35-28(32)33/h1-2,5,7,14,17,19-21,36H,3-4,6,8-13,29H2,(H,37,42)(H,38,44)(H,39,43)(H,40,41)(H,45,46)(H4,30,31,34)(H4,32,33,35). The molecule has 18 heteroatoms. The summed E-state index contributed by atoms with van der Waals surface area (Å²) in [5.74, 6) is -5.19. The number of nitrogens with one attached hydrogen (secondary N) is 4. The van der Waals surface area contributed by atoms with Gasteiger partial charge in [0.15, 0.2) is 11.9 Å². The van der Waals surface area contributed by atoms with E-state index >= 15 is 0 Å². The van der Waals surface area contributed by atoms with Crippen LogP contribution in [0.4, 0.5) is 0 Å². The number of nitrogens with two attached hydrogens (primary N) is 5. The minimum atomic E-state index is -1.37. The molecule has 0 bridgehead atoms. The van der Waals surface area contributed by atoms with Crippen molar-refractivity contribution in [2.24, 2.45) is 38.7 Å². The number of fused-ring (bicyclic) bond motifs is 1. The number of para-hydroxylation sites is 1. The van der Waals surface area contributed by atoms with Crippen molar-refractivity contribution in [3.05, 3.63) is 36.0 Å². The normalized spacial score (nSPS) is 13.4. The molecule has 1 aromatic heterocycles. The number of aromatic nitrogens is 1. The van der Waals surface area contributed by atoms with Crippen molar-refractivity contribution in [3.8, 4) is 0 Å². The van der Waals surface area contributed by atoms with Crippen molar-refractivity contribution >= 4 is 52.5 Å². The molecule has 1 aromatic carbocycles. The van der Waals surface area contributed by atoms with Crippen LogP contribution >= 0.6 is 0 Å². The first kappa shape index (κ1) is 36.8. The number of amides is 3. The average molecular weight is 646 g/mol. The molecule has 0 fully saturated rings. The van der Waals surface area contributed by atoms with Crippen molar-refractivity contribution in [2.45, 2.75) is 69.1 Å². The highest BCUT2D eigenvalue weighted by Crippen LogP contribution is 2.19. The number of guanidine groups is 2. The van der Waals surface area contributed by atoms with E-state index in [1.807, 2.05) is 18.2 Å². The Kier molecular flexibility index (Phi) is 14.7. The third kappa shape index (κ3) is 12.7. The molecule has 0 spiro atoms. The molecule has 4 unspecified atom stereocenters. The molecule has 1 heterocycles. The molecule has 0 radical (unpaired) electrons. The number of carbonyl (C=O) groups excluding carboxylic acids is 3. The number of aliphatic imine (C=N–C) groups is 2. The second kappa shape index (κ2) is 18.4. The minimum absolute atomic E-state index is 0.00995. The van der Waals surface area contributed by atoms with Crippen LogP contribution in [0.1, 0.15) is 44.1 Å². The number of carboxylic acids is 2. The lowest BCUT2D eigenvalue weighted by atomic mass is 10.0. The van der Waals surface area contributed by atoms with Gasteiger partial charge in [0, 0.05) is 43.0 Å². The molecule has 2 aromatic rings. The van der Waals surface area contributed by atoms with Gasteiger partial charge in [-0.2, -0.15) is 0 Å². The molecular formula is C28H43N11O7. The van der Waals surface area contributed by atoms with Crippen LogP contribution in [-0.2, 0) is 30.4 Å². The maximum Gasteiger partial charge on any atom is 0.326 e. The highest BCUT2D eigenvalue weighted by molar-refractivity contribution is 5.95. The zero-order valence-electron chi connectivity index (χ0n) is 25.3. The Bertz CT molecular complexity index is 1420. The number of benzene rings is 1. The fraction of sp³-hybridized carbons (Fsp3) is 0.464. The molecule has 0 saturated carbocycles. The monoisotopic (exact) mass is 645 g/mol. The lowest BCUT2D eigenvalue weighted by molar-refractivity contribution is -0.142. The molecule has 16 N–H and O–H groups in total. The van der Waals surface area contributed by atoms with Gasteiger partial charge in [-0.15, -0.1) is 0 Å². The smallest absolute Gasteiger partial charge is 0.326 e. The van der Waals surface area contributed by atoms with E-state index in [2.05, 4.69) is 30.9 Å². The SMILES string of the molecule is NC(N)=NCCCC(N)C(=O)NC(CCC(=O)O)C(=O)NC(Cc1c[nH]c2ccccc12)C(=O)NC(CCCN=C(N)N)C(=O)O.